The van der Waals surface area contributed by atoms with Gasteiger partial charge in [0.15, 0.2) is 0 Å². The van der Waals surface area contributed by atoms with Gasteiger partial charge in [0.25, 0.3) is 0 Å². The summed E-state index contributed by atoms with van der Waals surface area (Å²) in [7, 11) is 0. The highest BCUT2D eigenvalue weighted by atomic mass is 16.5. The number of allylic oxidation sites excluding steroid dienone is 2. The SMILES string of the molecule is CC.CC.CC1=CNNC(OCC2CNCCO2)=C1. The molecule has 1 unspecified atom stereocenters. The maximum absolute atomic E-state index is 5.57. The quantitative estimate of drug-likeness (QED) is 0.732. The van der Waals surface area contributed by atoms with E-state index in [0.717, 1.165) is 31.2 Å². The van der Waals surface area contributed by atoms with Crippen LogP contribution >= 0.6 is 0 Å². The monoisotopic (exact) mass is 271 g/mol. The fourth-order valence-corrected chi connectivity index (χ4v) is 1.49. The molecule has 2 aliphatic rings. The molecule has 0 aliphatic carbocycles. The van der Waals surface area contributed by atoms with Crippen molar-refractivity contribution in [2.24, 2.45) is 0 Å². The Morgan fingerprint density at radius 1 is 1.32 bits per heavy atom. The fraction of sp³-hybridized carbons (Fsp3) is 0.714. The van der Waals surface area contributed by atoms with Gasteiger partial charge in [0.2, 0.25) is 5.88 Å². The summed E-state index contributed by atoms with van der Waals surface area (Å²) in [6, 6.07) is 0. The van der Waals surface area contributed by atoms with Crippen LogP contribution in [0.4, 0.5) is 0 Å². The van der Waals surface area contributed by atoms with E-state index in [0.29, 0.717) is 6.61 Å². The number of morpholine rings is 1. The van der Waals surface area contributed by atoms with Crippen molar-refractivity contribution >= 4 is 0 Å². The van der Waals surface area contributed by atoms with E-state index in [1.54, 1.807) is 0 Å². The Balaban J connectivity index is 0.000000741. The smallest absolute Gasteiger partial charge is 0.205 e. The van der Waals surface area contributed by atoms with Gasteiger partial charge >= 0.3 is 0 Å². The zero-order valence-electron chi connectivity index (χ0n) is 12.9. The first-order valence-electron chi connectivity index (χ1n) is 7.20. The molecule has 1 atom stereocenters. The lowest BCUT2D eigenvalue weighted by molar-refractivity contribution is -0.0189. The van der Waals surface area contributed by atoms with Gasteiger partial charge in [-0.25, -0.2) is 0 Å². The van der Waals surface area contributed by atoms with Crippen molar-refractivity contribution in [2.75, 3.05) is 26.3 Å². The molecule has 112 valence electrons. The second-order valence-electron chi connectivity index (χ2n) is 3.67. The summed E-state index contributed by atoms with van der Waals surface area (Å²) in [5, 5.41) is 3.26. The van der Waals surface area contributed by atoms with Crippen molar-refractivity contribution in [3.63, 3.8) is 0 Å². The number of hydrazine groups is 1. The molecule has 1 saturated heterocycles. The Kier molecular flexibility index (Phi) is 11.1. The molecule has 2 rings (SSSR count). The van der Waals surface area contributed by atoms with Crippen molar-refractivity contribution < 1.29 is 9.47 Å². The number of rotatable bonds is 3. The van der Waals surface area contributed by atoms with E-state index in [1.165, 1.54) is 0 Å². The Bertz CT molecular complexity index is 272. The summed E-state index contributed by atoms with van der Waals surface area (Å²) < 4.78 is 11.1. The molecule has 3 N–H and O–H groups in total. The zero-order chi connectivity index (χ0) is 14.5. The van der Waals surface area contributed by atoms with Crippen LogP contribution in [0.2, 0.25) is 0 Å². The zero-order valence-corrected chi connectivity index (χ0v) is 12.9. The fourth-order valence-electron chi connectivity index (χ4n) is 1.49. The minimum Gasteiger partial charge on any atom is -0.475 e. The van der Waals surface area contributed by atoms with Crippen LogP contribution in [-0.2, 0) is 9.47 Å². The molecule has 1 fully saturated rings. The van der Waals surface area contributed by atoms with Gasteiger partial charge < -0.3 is 20.2 Å². The molecule has 0 spiro atoms. The molecule has 0 amide bonds. The molecule has 2 heterocycles. The van der Waals surface area contributed by atoms with Gasteiger partial charge in [-0.2, -0.15) is 0 Å². The number of nitrogens with one attached hydrogen (secondary N) is 3. The lowest BCUT2D eigenvalue weighted by Gasteiger charge is -2.25. The van der Waals surface area contributed by atoms with Crippen LogP contribution in [0.15, 0.2) is 23.7 Å². The van der Waals surface area contributed by atoms with Crippen LogP contribution in [0, 0.1) is 0 Å². The average molecular weight is 271 g/mol. The van der Waals surface area contributed by atoms with Crippen LogP contribution in [0.5, 0.6) is 0 Å². The highest BCUT2D eigenvalue weighted by molar-refractivity contribution is 5.20. The first-order chi connectivity index (χ1) is 9.34. The molecule has 0 aromatic carbocycles. The van der Waals surface area contributed by atoms with Crippen molar-refractivity contribution in [1.82, 2.24) is 16.2 Å². The minimum atomic E-state index is 0.146. The maximum Gasteiger partial charge on any atom is 0.205 e. The largest absolute Gasteiger partial charge is 0.475 e. The first kappa shape index (κ1) is 17.8. The van der Waals surface area contributed by atoms with E-state index in [1.807, 2.05) is 46.9 Å². The molecule has 2 aliphatic heterocycles. The van der Waals surface area contributed by atoms with Crippen molar-refractivity contribution in [1.29, 1.82) is 0 Å². The van der Waals surface area contributed by atoms with Crippen LogP contribution in [0.3, 0.4) is 0 Å². The van der Waals surface area contributed by atoms with Crippen LogP contribution in [0.1, 0.15) is 34.6 Å². The van der Waals surface area contributed by atoms with Gasteiger partial charge in [0.1, 0.15) is 12.7 Å². The number of hydrogen-bond acceptors (Lipinski definition) is 5. The number of ether oxygens (including phenoxy) is 2. The Labute approximate surface area is 117 Å². The first-order valence-corrected chi connectivity index (χ1v) is 7.20. The van der Waals surface area contributed by atoms with Crippen molar-refractivity contribution in [2.45, 2.75) is 40.7 Å². The Morgan fingerprint density at radius 3 is 2.63 bits per heavy atom. The summed E-state index contributed by atoms with van der Waals surface area (Å²) in [5.41, 5.74) is 6.97. The standard InChI is InChI=1S/C10H17N3O2.2C2H6/c1-8-4-10(13-12-5-8)15-7-9-6-11-2-3-14-9;2*1-2/h4-5,9,11-13H,2-3,6-7H2,1H3;2*1-2H3. The van der Waals surface area contributed by atoms with E-state index < -0.39 is 0 Å². The molecule has 0 aromatic rings. The minimum absolute atomic E-state index is 0.146. The molecule has 19 heavy (non-hydrogen) atoms. The van der Waals surface area contributed by atoms with Gasteiger partial charge in [0.05, 0.1) is 6.61 Å². The Hall–Kier alpha value is -1.20. The summed E-state index contributed by atoms with van der Waals surface area (Å²) in [6.45, 7) is 13.1. The van der Waals surface area contributed by atoms with Gasteiger partial charge in [-0.15, -0.1) is 0 Å². The topological polar surface area (TPSA) is 54.5 Å². The van der Waals surface area contributed by atoms with Gasteiger partial charge in [-0.1, -0.05) is 27.7 Å². The van der Waals surface area contributed by atoms with E-state index in [9.17, 15) is 0 Å². The lowest BCUT2D eigenvalue weighted by Crippen LogP contribution is -2.41. The van der Waals surface area contributed by atoms with Gasteiger partial charge in [-0.05, 0) is 12.5 Å². The van der Waals surface area contributed by atoms with Crippen LogP contribution in [-0.4, -0.2) is 32.4 Å². The molecular weight excluding hydrogens is 242 g/mol. The molecule has 0 radical (unpaired) electrons. The summed E-state index contributed by atoms with van der Waals surface area (Å²) in [6.07, 6.45) is 3.98. The van der Waals surface area contributed by atoms with E-state index in [-0.39, 0.29) is 6.10 Å². The van der Waals surface area contributed by atoms with E-state index in [2.05, 4.69) is 16.2 Å². The number of hydrogen-bond donors (Lipinski definition) is 3. The van der Waals surface area contributed by atoms with Crippen molar-refractivity contribution in [3.8, 4) is 0 Å². The maximum atomic E-state index is 5.57. The van der Waals surface area contributed by atoms with Crippen LogP contribution < -0.4 is 16.2 Å². The van der Waals surface area contributed by atoms with E-state index >= 15 is 0 Å². The normalized spacial score (nSPS) is 21.0. The van der Waals surface area contributed by atoms with Crippen molar-refractivity contribution in [3.05, 3.63) is 23.7 Å². The molecule has 0 aromatic heterocycles. The molecule has 5 nitrogen and oxygen atoms in total. The third-order valence-electron chi connectivity index (χ3n) is 2.28. The lowest BCUT2D eigenvalue weighted by atomic mass is 10.3. The third-order valence-corrected chi connectivity index (χ3v) is 2.28. The van der Waals surface area contributed by atoms with Crippen LogP contribution in [0.25, 0.3) is 0 Å². The summed E-state index contributed by atoms with van der Waals surface area (Å²) >= 11 is 0. The third kappa shape index (κ3) is 7.74. The summed E-state index contributed by atoms with van der Waals surface area (Å²) in [4.78, 5) is 0. The highest BCUT2D eigenvalue weighted by Gasteiger charge is 2.14. The van der Waals surface area contributed by atoms with Gasteiger partial charge in [0, 0.05) is 25.4 Å². The molecular formula is C14H29N3O2. The molecule has 0 saturated carbocycles. The average Bonchev–Trinajstić information content (AvgIpc) is 2.50. The molecule has 5 heteroatoms. The predicted molar refractivity (Wildman–Crippen MR) is 79.4 cm³/mol. The summed E-state index contributed by atoms with van der Waals surface area (Å²) in [5.74, 6) is 0.740. The molecule has 0 bridgehead atoms. The van der Waals surface area contributed by atoms with E-state index in [4.69, 9.17) is 9.47 Å². The second kappa shape index (κ2) is 11.9. The van der Waals surface area contributed by atoms with Gasteiger partial charge in [-0.3, -0.25) is 5.43 Å². The predicted octanol–water partition coefficient (Wildman–Crippen LogP) is 1.90. The highest BCUT2D eigenvalue weighted by Crippen LogP contribution is 2.05. The second-order valence-corrected chi connectivity index (χ2v) is 3.67. The Morgan fingerprint density at radius 2 is 2.05 bits per heavy atom.